The minimum atomic E-state index is -0.923. The number of nitrogens with one attached hydrogen (secondary N) is 1. The summed E-state index contributed by atoms with van der Waals surface area (Å²) in [6.45, 7) is 5.16. The summed E-state index contributed by atoms with van der Waals surface area (Å²) >= 11 is 0. The van der Waals surface area contributed by atoms with E-state index in [0.717, 1.165) is 5.56 Å². The van der Waals surface area contributed by atoms with Crippen molar-refractivity contribution in [2.24, 2.45) is 0 Å². The summed E-state index contributed by atoms with van der Waals surface area (Å²) in [4.78, 5) is 38.6. The number of rotatable bonds is 5. The number of aliphatic hydroxyl groups excluding tert-OH is 1. The second-order valence-corrected chi connectivity index (χ2v) is 7.81. The van der Waals surface area contributed by atoms with Crippen LogP contribution in [0.5, 0.6) is 0 Å². The number of hydrogen-bond donors (Lipinski definition) is 2. The lowest BCUT2D eigenvalue weighted by atomic mass is 10.1. The molecule has 1 aliphatic heterocycles. The van der Waals surface area contributed by atoms with Gasteiger partial charge >= 0.3 is 12.1 Å². The standard InChI is InChI=1S/C20H28N2O6/c1-20(2,3)28-19(26)22-12-14(23)11-16(22)17(24)21-15(18(25)27-4)10-13-8-6-5-7-9-13/h5-9,14-16,23H,10-12H2,1-4H3,(H,21,24)/t14?,15-,16-/m0/s1. The third-order valence-electron chi connectivity index (χ3n) is 4.29. The SMILES string of the molecule is COC(=O)[C@H](Cc1ccccc1)NC(=O)[C@@H]1CC(O)CN1C(=O)OC(C)(C)C. The topological polar surface area (TPSA) is 105 Å². The first-order valence-corrected chi connectivity index (χ1v) is 9.20. The highest BCUT2D eigenvalue weighted by Crippen LogP contribution is 2.22. The fraction of sp³-hybridized carbons (Fsp3) is 0.550. The molecule has 2 amide bonds. The quantitative estimate of drug-likeness (QED) is 0.731. The van der Waals surface area contributed by atoms with Crippen LogP contribution >= 0.6 is 0 Å². The van der Waals surface area contributed by atoms with E-state index in [1.54, 1.807) is 20.8 Å². The Bertz CT molecular complexity index is 700. The van der Waals surface area contributed by atoms with Crippen molar-refractivity contribution in [2.75, 3.05) is 13.7 Å². The number of carbonyl (C=O) groups excluding carboxylic acids is 3. The highest BCUT2D eigenvalue weighted by molar-refractivity contribution is 5.90. The smallest absolute Gasteiger partial charge is 0.411 e. The Morgan fingerprint density at radius 3 is 2.46 bits per heavy atom. The maximum absolute atomic E-state index is 12.8. The van der Waals surface area contributed by atoms with Crippen LogP contribution in [0, 0.1) is 0 Å². The average Bonchev–Trinajstić information content (AvgIpc) is 3.02. The molecule has 154 valence electrons. The number of carbonyl (C=O) groups is 3. The number of esters is 1. The number of hydrogen-bond acceptors (Lipinski definition) is 6. The molecule has 1 unspecified atom stereocenters. The van der Waals surface area contributed by atoms with Crippen molar-refractivity contribution in [3.63, 3.8) is 0 Å². The molecule has 0 aliphatic carbocycles. The van der Waals surface area contributed by atoms with Crippen LogP contribution in [-0.4, -0.2) is 65.4 Å². The molecule has 2 rings (SSSR count). The van der Waals surface area contributed by atoms with Crippen molar-refractivity contribution in [1.29, 1.82) is 0 Å². The largest absolute Gasteiger partial charge is 0.467 e. The van der Waals surface area contributed by atoms with Gasteiger partial charge in [-0.05, 0) is 26.3 Å². The fourth-order valence-corrected chi connectivity index (χ4v) is 3.04. The van der Waals surface area contributed by atoms with E-state index >= 15 is 0 Å². The van der Waals surface area contributed by atoms with Crippen molar-refractivity contribution in [3.8, 4) is 0 Å². The minimum Gasteiger partial charge on any atom is -0.467 e. The normalized spacial score (nSPS) is 20.4. The van der Waals surface area contributed by atoms with Crippen LogP contribution in [0.25, 0.3) is 0 Å². The van der Waals surface area contributed by atoms with Crippen LogP contribution in [0.2, 0.25) is 0 Å². The van der Waals surface area contributed by atoms with Gasteiger partial charge in [0.1, 0.15) is 17.7 Å². The van der Waals surface area contributed by atoms with Gasteiger partial charge in [-0.25, -0.2) is 9.59 Å². The zero-order chi connectivity index (χ0) is 20.9. The molecule has 1 saturated heterocycles. The van der Waals surface area contributed by atoms with Crippen LogP contribution in [0.15, 0.2) is 30.3 Å². The number of amides is 2. The summed E-state index contributed by atoms with van der Waals surface area (Å²) in [6, 6.07) is 7.38. The van der Waals surface area contributed by atoms with Gasteiger partial charge in [0, 0.05) is 12.8 Å². The lowest BCUT2D eigenvalue weighted by Gasteiger charge is -2.28. The number of methoxy groups -OCH3 is 1. The summed E-state index contributed by atoms with van der Waals surface area (Å²) in [5, 5.41) is 12.6. The second-order valence-electron chi connectivity index (χ2n) is 7.81. The molecular weight excluding hydrogens is 364 g/mol. The Kier molecular flexibility index (Phi) is 7.01. The Balaban J connectivity index is 2.11. The number of aliphatic hydroxyl groups is 1. The molecule has 1 aromatic carbocycles. The third kappa shape index (κ3) is 5.95. The monoisotopic (exact) mass is 392 g/mol. The number of likely N-dealkylation sites (tertiary alicyclic amines) is 1. The Hall–Kier alpha value is -2.61. The predicted octanol–water partition coefficient (Wildman–Crippen LogP) is 1.26. The van der Waals surface area contributed by atoms with E-state index in [4.69, 9.17) is 9.47 Å². The van der Waals surface area contributed by atoms with Crippen molar-refractivity contribution in [1.82, 2.24) is 10.2 Å². The van der Waals surface area contributed by atoms with Gasteiger partial charge in [0.25, 0.3) is 0 Å². The molecule has 1 fully saturated rings. The molecule has 3 atom stereocenters. The van der Waals surface area contributed by atoms with Gasteiger partial charge in [-0.2, -0.15) is 0 Å². The second kappa shape index (κ2) is 9.05. The summed E-state index contributed by atoms with van der Waals surface area (Å²) in [6.07, 6.45) is -1.19. The van der Waals surface area contributed by atoms with Crippen molar-refractivity contribution >= 4 is 18.0 Å². The zero-order valence-electron chi connectivity index (χ0n) is 16.7. The molecule has 0 saturated carbocycles. The highest BCUT2D eigenvalue weighted by Gasteiger charge is 2.41. The highest BCUT2D eigenvalue weighted by atomic mass is 16.6. The average molecular weight is 392 g/mol. The fourth-order valence-electron chi connectivity index (χ4n) is 3.04. The van der Waals surface area contributed by atoms with Crippen LogP contribution in [0.3, 0.4) is 0 Å². The summed E-state index contributed by atoms with van der Waals surface area (Å²) < 4.78 is 10.1. The Morgan fingerprint density at radius 2 is 1.89 bits per heavy atom. The third-order valence-corrected chi connectivity index (χ3v) is 4.29. The molecule has 8 nitrogen and oxygen atoms in total. The van der Waals surface area contributed by atoms with Gasteiger partial charge in [0.05, 0.1) is 19.8 Å². The lowest BCUT2D eigenvalue weighted by Crippen LogP contribution is -2.52. The molecule has 1 aliphatic rings. The Labute approximate surface area is 164 Å². The van der Waals surface area contributed by atoms with Crippen LogP contribution in [0.1, 0.15) is 32.8 Å². The van der Waals surface area contributed by atoms with E-state index in [9.17, 15) is 19.5 Å². The number of nitrogens with zero attached hydrogens (tertiary/aromatic N) is 1. The molecule has 1 aromatic rings. The van der Waals surface area contributed by atoms with E-state index in [1.807, 2.05) is 30.3 Å². The first-order chi connectivity index (χ1) is 13.1. The van der Waals surface area contributed by atoms with Crippen molar-refractivity contribution in [3.05, 3.63) is 35.9 Å². The van der Waals surface area contributed by atoms with Gasteiger partial charge in [-0.1, -0.05) is 30.3 Å². The van der Waals surface area contributed by atoms with Gasteiger partial charge in [0.2, 0.25) is 5.91 Å². The summed E-state index contributed by atoms with van der Waals surface area (Å²) in [5.41, 5.74) is 0.127. The van der Waals surface area contributed by atoms with Gasteiger partial charge in [-0.15, -0.1) is 0 Å². The number of benzene rings is 1. The number of ether oxygens (including phenoxy) is 2. The molecule has 0 radical (unpaired) electrons. The molecule has 0 spiro atoms. The minimum absolute atomic E-state index is 0.00538. The molecular formula is C20H28N2O6. The van der Waals surface area contributed by atoms with Crippen LogP contribution in [-0.2, 0) is 25.5 Å². The molecule has 0 aromatic heterocycles. The van der Waals surface area contributed by atoms with E-state index < -0.39 is 41.8 Å². The first-order valence-electron chi connectivity index (χ1n) is 9.20. The molecule has 8 heteroatoms. The number of β-amino-alcohol motifs (C(OH)–C–C–N with tert-alkyl or cyclic N) is 1. The maximum atomic E-state index is 12.8. The van der Waals surface area contributed by atoms with E-state index in [1.165, 1.54) is 12.0 Å². The first kappa shape index (κ1) is 21.7. The van der Waals surface area contributed by atoms with E-state index in [0.29, 0.717) is 0 Å². The predicted molar refractivity (Wildman–Crippen MR) is 101 cm³/mol. The molecule has 1 heterocycles. The summed E-state index contributed by atoms with van der Waals surface area (Å²) in [5.74, 6) is -1.12. The van der Waals surface area contributed by atoms with Crippen LogP contribution in [0.4, 0.5) is 4.79 Å². The van der Waals surface area contributed by atoms with Crippen molar-refractivity contribution in [2.45, 2.75) is 57.4 Å². The van der Waals surface area contributed by atoms with E-state index in [2.05, 4.69) is 5.32 Å². The van der Waals surface area contributed by atoms with Crippen LogP contribution < -0.4 is 5.32 Å². The van der Waals surface area contributed by atoms with Gasteiger partial charge in [0.15, 0.2) is 0 Å². The molecule has 28 heavy (non-hydrogen) atoms. The molecule has 2 N–H and O–H groups in total. The molecule has 0 bridgehead atoms. The van der Waals surface area contributed by atoms with E-state index in [-0.39, 0.29) is 19.4 Å². The summed E-state index contributed by atoms with van der Waals surface area (Å²) in [7, 11) is 1.25. The Morgan fingerprint density at radius 1 is 1.25 bits per heavy atom. The van der Waals surface area contributed by atoms with Gasteiger partial charge < -0.3 is 19.9 Å². The maximum Gasteiger partial charge on any atom is 0.411 e. The van der Waals surface area contributed by atoms with Gasteiger partial charge in [-0.3, -0.25) is 9.69 Å². The zero-order valence-corrected chi connectivity index (χ0v) is 16.7. The van der Waals surface area contributed by atoms with Crippen molar-refractivity contribution < 1.29 is 29.0 Å². The lowest BCUT2D eigenvalue weighted by molar-refractivity contribution is -0.145.